The van der Waals surface area contributed by atoms with Crippen molar-refractivity contribution in [2.75, 3.05) is 32.2 Å². The first-order valence-electron chi connectivity index (χ1n) is 14.2. The Hall–Kier alpha value is -4.25. The summed E-state index contributed by atoms with van der Waals surface area (Å²) >= 11 is 0. The molecule has 1 fully saturated rings. The van der Waals surface area contributed by atoms with Crippen molar-refractivity contribution < 1.29 is 32.2 Å². The van der Waals surface area contributed by atoms with Crippen molar-refractivity contribution in [1.29, 1.82) is 0 Å². The fourth-order valence-corrected chi connectivity index (χ4v) is 6.56. The number of rotatable bonds is 13. The number of carbonyl (C=O) groups is 2. The molecule has 3 aromatic rings. The Bertz CT molecular complexity index is 1490. The molecule has 230 valence electrons. The van der Waals surface area contributed by atoms with Gasteiger partial charge >= 0.3 is 0 Å². The van der Waals surface area contributed by atoms with Crippen molar-refractivity contribution in [2.24, 2.45) is 0 Å². The molecule has 0 heterocycles. The minimum absolute atomic E-state index is 0.0197. The number of methoxy groups -OCH3 is 3. The second-order valence-electron chi connectivity index (χ2n) is 10.4. The summed E-state index contributed by atoms with van der Waals surface area (Å²) in [4.78, 5) is 29.0. The van der Waals surface area contributed by atoms with Crippen LogP contribution in [0.2, 0.25) is 0 Å². The Morgan fingerprint density at radius 3 is 2.14 bits per heavy atom. The van der Waals surface area contributed by atoms with Gasteiger partial charge in [0.25, 0.3) is 10.0 Å². The molecule has 10 nitrogen and oxygen atoms in total. The van der Waals surface area contributed by atoms with E-state index in [-0.39, 0.29) is 29.1 Å². The van der Waals surface area contributed by atoms with Crippen LogP contribution in [0, 0.1) is 0 Å². The lowest BCUT2D eigenvalue weighted by molar-refractivity contribution is -0.139. The normalized spacial score (nSPS) is 14.0. The van der Waals surface area contributed by atoms with Gasteiger partial charge in [-0.15, -0.1) is 0 Å². The van der Waals surface area contributed by atoms with Gasteiger partial charge in [0.1, 0.15) is 18.3 Å². The summed E-state index contributed by atoms with van der Waals surface area (Å²) in [7, 11) is 0.294. The minimum Gasteiger partial charge on any atom is -0.497 e. The van der Waals surface area contributed by atoms with Gasteiger partial charge in [-0.1, -0.05) is 43.2 Å². The van der Waals surface area contributed by atoms with Crippen molar-refractivity contribution in [3.05, 3.63) is 78.4 Å². The van der Waals surface area contributed by atoms with Crippen LogP contribution in [-0.2, 0) is 26.2 Å². The predicted molar refractivity (Wildman–Crippen MR) is 164 cm³/mol. The molecule has 0 aliphatic heterocycles. The number of nitrogens with one attached hydrogen (secondary N) is 1. The molecule has 1 aliphatic rings. The highest BCUT2D eigenvalue weighted by molar-refractivity contribution is 7.92. The van der Waals surface area contributed by atoms with E-state index in [4.69, 9.17) is 14.2 Å². The number of carbonyl (C=O) groups excluding carboxylic acids is 2. The maximum atomic E-state index is 14.2. The first-order chi connectivity index (χ1) is 20.7. The molecule has 0 saturated heterocycles. The Morgan fingerprint density at radius 1 is 0.884 bits per heavy atom. The number of benzene rings is 3. The fourth-order valence-electron chi connectivity index (χ4n) is 5.13. The Morgan fingerprint density at radius 2 is 1.53 bits per heavy atom. The van der Waals surface area contributed by atoms with Gasteiger partial charge in [-0.2, -0.15) is 0 Å². The third-order valence-corrected chi connectivity index (χ3v) is 9.43. The number of anilines is 1. The highest BCUT2D eigenvalue weighted by Gasteiger charge is 2.33. The van der Waals surface area contributed by atoms with Crippen molar-refractivity contribution >= 4 is 27.5 Å². The lowest BCUT2D eigenvalue weighted by Crippen LogP contribution is -2.52. The van der Waals surface area contributed by atoms with Crippen molar-refractivity contribution in [1.82, 2.24) is 10.2 Å². The zero-order valence-corrected chi connectivity index (χ0v) is 25.8. The Kier molecular flexibility index (Phi) is 10.5. The first-order valence-corrected chi connectivity index (χ1v) is 15.6. The zero-order valence-electron chi connectivity index (χ0n) is 25.0. The third-order valence-electron chi connectivity index (χ3n) is 7.65. The zero-order chi connectivity index (χ0) is 31.0. The highest BCUT2D eigenvalue weighted by Crippen LogP contribution is 2.34. The summed E-state index contributed by atoms with van der Waals surface area (Å²) < 4.78 is 45.1. The number of amides is 2. The van der Waals surface area contributed by atoms with Gasteiger partial charge in [0, 0.05) is 18.7 Å². The summed E-state index contributed by atoms with van der Waals surface area (Å²) in [5.74, 6) is 0.548. The molecule has 2 amide bonds. The molecule has 1 atom stereocenters. The van der Waals surface area contributed by atoms with Crippen LogP contribution >= 0.6 is 0 Å². The number of ether oxygens (including phenoxy) is 3. The Labute approximate surface area is 253 Å². The van der Waals surface area contributed by atoms with Crippen LogP contribution in [0.25, 0.3) is 0 Å². The molecule has 0 aromatic heterocycles. The van der Waals surface area contributed by atoms with E-state index in [9.17, 15) is 18.0 Å². The van der Waals surface area contributed by atoms with E-state index in [2.05, 4.69) is 5.32 Å². The van der Waals surface area contributed by atoms with Crippen LogP contribution in [0.1, 0.15) is 38.2 Å². The standard InChI is InChI=1S/C32H39N3O7S/c1-23(32(37)33-25-10-8-9-11-25)34(21-24-14-17-27(40-2)18-15-24)31(36)22-35(43(38,39)28-12-6-5-7-13-28)26-16-19-29(41-3)30(20-26)42-4/h5-7,12-20,23,25H,8-11,21-22H2,1-4H3,(H,33,37)/t23-/m0/s1. The van der Waals surface area contributed by atoms with Crippen molar-refractivity contribution in [3.8, 4) is 17.2 Å². The van der Waals surface area contributed by atoms with Crippen LogP contribution in [-0.4, -0.2) is 65.1 Å². The summed E-state index contributed by atoms with van der Waals surface area (Å²) in [6.45, 7) is 1.20. The lowest BCUT2D eigenvalue weighted by atomic mass is 10.1. The van der Waals surface area contributed by atoms with Crippen LogP contribution in [0.5, 0.6) is 17.2 Å². The molecular weight excluding hydrogens is 570 g/mol. The van der Waals surface area contributed by atoms with Gasteiger partial charge in [0.2, 0.25) is 11.8 Å². The maximum absolute atomic E-state index is 14.2. The third kappa shape index (κ3) is 7.59. The minimum atomic E-state index is -4.20. The van der Waals surface area contributed by atoms with Gasteiger partial charge in [-0.05, 0) is 61.7 Å². The molecule has 4 rings (SSSR count). The number of hydrogen-bond donors (Lipinski definition) is 1. The van der Waals surface area contributed by atoms with E-state index in [0.29, 0.717) is 17.2 Å². The molecule has 0 unspecified atom stereocenters. The number of hydrogen-bond acceptors (Lipinski definition) is 7. The first kappa shape index (κ1) is 31.7. The average molecular weight is 610 g/mol. The quantitative estimate of drug-likeness (QED) is 0.306. The number of nitrogens with zero attached hydrogens (tertiary/aromatic N) is 2. The summed E-state index contributed by atoms with van der Waals surface area (Å²) in [6.07, 6.45) is 3.89. The topological polar surface area (TPSA) is 114 Å². The molecule has 3 aromatic carbocycles. The molecule has 1 saturated carbocycles. The highest BCUT2D eigenvalue weighted by atomic mass is 32.2. The SMILES string of the molecule is COc1ccc(CN(C(=O)CN(c2ccc(OC)c(OC)c2)S(=O)(=O)c2ccccc2)[C@@H](C)C(=O)NC2CCCC2)cc1. The molecule has 1 N–H and O–H groups in total. The van der Waals surface area contributed by atoms with Crippen LogP contribution < -0.4 is 23.8 Å². The second kappa shape index (κ2) is 14.3. The van der Waals surface area contributed by atoms with Crippen LogP contribution in [0.3, 0.4) is 0 Å². The molecule has 0 radical (unpaired) electrons. The lowest BCUT2D eigenvalue weighted by Gasteiger charge is -2.32. The van der Waals surface area contributed by atoms with E-state index < -0.39 is 28.5 Å². The predicted octanol–water partition coefficient (Wildman–Crippen LogP) is 4.38. The monoisotopic (exact) mass is 609 g/mol. The number of sulfonamides is 1. The molecule has 0 bridgehead atoms. The van der Waals surface area contributed by atoms with Crippen molar-refractivity contribution in [2.45, 2.75) is 56.1 Å². The van der Waals surface area contributed by atoms with Gasteiger partial charge in [-0.3, -0.25) is 13.9 Å². The van der Waals surface area contributed by atoms with Crippen molar-refractivity contribution in [3.63, 3.8) is 0 Å². The van der Waals surface area contributed by atoms with E-state index in [1.165, 1.54) is 37.3 Å². The van der Waals surface area contributed by atoms with E-state index in [1.54, 1.807) is 56.5 Å². The van der Waals surface area contributed by atoms with E-state index >= 15 is 0 Å². The second-order valence-corrected chi connectivity index (χ2v) is 12.3. The largest absolute Gasteiger partial charge is 0.497 e. The van der Waals surface area contributed by atoms with E-state index in [0.717, 1.165) is 35.6 Å². The maximum Gasteiger partial charge on any atom is 0.264 e. The summed E-state index contributed by atoms with van der Waals surface area (Å²) in [5, 5.41) is 3.07. The van der Waals surface area contributed by atoms with Gasteiger partial charge < -0.3 is 24.4 Å². The van der Waals surface area contributed by atoms with Crippen LogP contribution in [0.15, 0.2) is 77.7 Å². The average Bonchev–Trinajstić information content (AvgIpc) is 3.55. The summed E-state index contributed by atoms with van der Waals surface area (Å²) in [6, 6.07) is 18.9. The molecular formula is C32H39N3O7S. The van der Waals surface area contributed by atoms with E-state index in [1.807, 2.05) is 12.1 Å². The van der Waals surface area contributed by atoms with Gasteiger partial charge in [-0.25, -0.2) is 8.42 Å². The fraction of sp³-hybridized carbons (Fsp3) is 0.375. The molecule has 0 spiro atoms. The van der Waals surface area contributed by atoms with Gasteiger partial charge in [0.15, 0.2) is 11.5 Å². The van der Waals surface area contributed by atoms with Crippen LogP contribution in [0.4, 0.5) is 5.69 Å². The Balaban J connectivity index is 1.71. The van der Waals surface area contributed by atoms with Gasteiger partial charge in [0.05, 0.1) is 31.9 Å². The molecule has 1 aliphatic carbocycles. The summed E-state index contributed by atoms with van der Waals surface area (Å²) in [5.41, 5.74) is 0.973. The molecule has 11 heteroatoms. The smallest absolute Gasteiger partial charge is 0.264 e. The molecule has 43 heavy (non-hydrogen) atoms.